The van der Waals surface area contributed by atoms with E-state index in [-0.39, 0.29) is 6.04 Å². The van der Waals surface area contributed by atoms with Gasteiger partial charge in [-0.15, -0.1) is 0 Å². The van der Waals surface area contributed by atoms with Gasteiger partial charge in [0.2, 0.25) is 0 Å². The minimum absolute atomic E-state index is 0.285. The third-order valence-corrected chi connectivity index (χ3v) is 3.99. The van der Waals surface area contributed by atoms with Gasteiger partial charge in [0, 0.05) is 28.1 Å². The Morgan fingerprint density at radius 1 is 1.59 bits per heavy atom. The third kappa shape index (κ3) is 3.22. The van der Waals surface area contributed by atoms with Crippen molar-refractivity contribution in [2.75, 3.05) is 19.8 Å². The Morgan fingerprint density at radius 2 is 2.41 bits per heavy atom. The highest BCUT2D eigenvalue weighted by molar-refractivity contribution is 9.10. The van der Waals surface area contributed by atoms with Gasteiger partial charge in [0.25, 0.3) is 0 Å². The van der Waals surface area contributed by atoms with Crippen LogP contribution in [0.25, 0.3) is 0 Å². The highest BCUT2D eigenvalue weighted by Gasteiger charge is 2.27. The molecule has 1 N–H and O–H groups in total. The first kappa shape index (κ1) is 13.3. The molecular formula is C13H17BrClNO. The number of ether oxygens (including phenoxy) is 1. The predicted octanol–water partition coefficient (Wildman–Crippen LogP) is 3.79. The zero-order chi connectivity index (χ0) is 12.3. The van der Waals surface area contributed by atoms with E-state index in [2.05, 4.69) is 34.2 Å². The van der Waals surface area contributed by atoms with Crippen molar-refractivity contribution in [3.63, 3.8) is 0 Å². The molecular weight excluding hydrogens is 302 g/mol. The summed E-state index contributed by atoms with van der Waals surface area (Å²) in [6.07, 6.45) is 1.10. The van der Waals surface area contributed by atoms with Gasteiger partial charge in [-0.2, -0.15) is 0 Å². The monoisotopic (exact) mass is 317 g/mol. The molecule has 2 nitrogen and oxygen atoms in total. The molecule has 0 aliphatic carbocycles. The zero-order valence-electron chi connectivity index (χ0n) is 9.88. The first-order chi connectivity index (χ1) is 8.22. The van der Waals surface area contributed by atoms with Gasteiger partial charge in [0.15, 0.2) is 0 Å². The molecule has 2 rings (SSSR count). The molecule has 1 fully saturated rings. The maximum atomic E-state index is 6.30. The summed E-state index contributed by atoms with van der Waals surface area (Å²) in [7, 11) is 0. The van der Waals surface area contributed by atoms with Crippen molar-refractivity contribution in [1.29, 1.82) is 0 Å². The standard InChI is InChI=1S/C13H17BrClNO/c1-2-16-13(9-5-6-17-8-9)11-7-10(14)3-4-12(11)15/h3-4,7,9,13,16H,2,5-6,8H2,1H3. The molecule has 0 bridgehead atoms. The molecule has 4 heteroatoms. The number of hydrogen-bond donors (Lipinski definition) is 1. The van der Waals surface area contributed by atoms with Crippen molar-refractivity contribution >= 4 is 27.5 Å². The highest BCUT2D eigenvalue weighted by atomic mass is 79.9. The van der Waals surface area contributed by atoms with Crippen LogP contribution in [0.4, 0.5) is 0 Å². The van der Waals surface area contributed by atoms with Crippen LogP contribution in [0.5, 0.6) is 0 Å². The van der Waals surface area contributed by atoms with Crippen LogP contribution in [0, 0.1) is 5.92 Å². The van der Waals surface area contributed by atoms with Crippen molar-refractivity contribution in [3.05, 3.63) is 33.3 Å². The molecule has 94 valence electrons. The molecule has 1 aromatic carbocycles. The maximum Gasteiger partial charge on any atom is 0.0513 e. The summed E-state index contributed by atoms with van der Waals surface area (Å²) in [4.78, 5) is 0. The quantitative estimate of drug-likeness (QED) is 0.912. The van der Waals surface area contributed by atoms with Gasteiger partial charge in [-0.05, 0) is 36.7 Å². The van der Waals surface area contributed by atoms with E-state index < -0.39 is 0 Å². The van der Waals surface area contributed by atoms with Crippen LogP contribution in [-0.2, 0) is 4.74 Å². The van der Waals surface area contributed by atoms with E-state index in [9.17, 15) is 0 Å². The van der Waals surface area contributed by atoms with E-state index >= 15 is 0 Å². The molecule has 1 aliphatic rings. The van der Waals surface area contributed by atoms with Gasteiger partial charge in [-0.3, -0.25) is 0 Å². The molecule has 1 saturated heterocycles. The molecule has 1 heterocycles. The molecule has 17 heavy (non-hydrogen) atoms. The lowest BCUT2D eigenvalue weighted by atomic mass is 9.92. The summed E-state index contributed by atoms with van der Waals surface area (Å²) in [5.74, 6) is 0.516. The second-order valence-corrected chi connectivity index (χ2v) is 5.65. The second-order valence-electron chi connectivity index (χ2n) is 4.32. The molecule has 1 aromatic rings. The molecule has 0 amide bonds. The topological polar surface area (TPSA) is 21.3 Å². The number of benzene rings is 1. The van der Waals surface area contributed by atoms with E-state index in [1.54, 1.807) is 0 Å². The Kier molecular flexibility index (Phi) is 4.86. The fraction of sp³-hybridized carbons (Fsp3) is 0.538. The Morgan fingerprint density at radius 3 is 3.06 bits per heavy atom. The fourth-order valence-electron chi connectivity index (χ4n) is 2.32. The van der Waals surface area contributed by atoms with Crippen LogP contribution >= 0.6 is 27.5 Å². The van der Waals surface area contributed by atoms with Crippen molar-refractivity contribution in [3.8, 4) is 0 Å². The van der Waals surface area contributed by atoms with Gasteiger partial charge in [0.1, 0.15) is 0 Å². The molecule has 2 unspecified atom stereocenters. The lowest BCUT2D eigenvalue weighted by Crippen LogP contribution is -2.28. The fourth-order valence-corrected chi connectivity index (χ4v) is 2.93. The summed E-state index contributed by atoms with van der Waals surface area (Å²) in [5, 5.41) is 4.35. The first-order valence-electron chi connectivity index (χ1n) is 5.98. The molecule has 0 saturated carbocycles. The van der Waals surface area contributed by atoms with Crippen LogP contribution in [-0.4, -0.2) is 19.8 Å². The third-order valence-electron chi connectivity index (χ3n) is 3.15. The van der Waals surface area contributed by atoms with Gasteiger partial charge in [-0.1, -0.05) is 34.5 Å². The summed E-state index contributed by atoms with van der Waals surface area (Å²) < 4.78 is 6.55. The Labute approximate surface area is 116 Å². The zero-order valence-corrected chi connectivity index (χ0v) is 12.2. The number of halogens is 2. The van der Waals surface area contributed by atoms with Gasteiger partial charge >= 0.3 is 0 Å². The smallest absolute Gasteiger partial charge is 0.0513 e. The average Bonchev–Trinajstić information content (AvgIpc) is 2.83. The van der Waals surface area contributed by atoms with Gasteiger partial charge in [-0.25, -0.2) is 0 Å². The van der Waals surface area contributed by atoms with Crippen molar-refractivity contribution in [2.45, 2.75) is 19.4 Å². The first-order valence-corrected chi connectivity index (χ1v) is 7.15. The predicted molar refractivity (Wildman–Crippen MR) is 74.5 cm³/mol. The molecule has 0 radical (unpaired) electrons. The van der Waals surface area contributed by atoms with E-state index in [0.717, 1.165) is 35.7 Å². The molecule has 2 atom stereocenters. The second kappa shape index (κ2) is 6.19. The van der Waals surface area contributed by atoms with Crippen LogP contribution < -0.4 is 5.32 Å². The minimum atomic E-state index is 0.285. The Balaban J connectivity index is 2.27. The van der Waals surface area contributed by atoms with Gasteiger partial charge in [0.05, 0.1) is 6.61 Å². The SMILES string of the molecule is CCNC(c1cc(Br)ccc1Cl)C1CCOC1. The maximum absolute atomic E-state index is 6.30. The van der Waals surface area contributed by atoms with E-state index in [1.165, 1.54) is 5.56 Å². The molecule has 1 aliphatic heterocycles. The largest absolute Gasteiger partial charge is 0.381 e. The molecule has 0 aromatic heterocycles. The lowest BCUT2D eigenvalue weighted by molar-refractivity contribution is 0.177. The average molecular weight is 319 g/mol. The summed E-state index contributed by atoms with van der Waals surface area (Å²) in [6, 6.07) is 6.31. The van der Waals surface area contributed by atoms with Crippen LogP contribution in [0.1, 0.15) is 24.9 Å². The summed E-state index contributed by atoms with van der Waals surface area (Å²) in [6.45, 7) is 4.73. The van der Waals surface area contributed by atoms with Crippen LogP contribution in [0.15, 0.2) is 22.7 Å². The van der Waals surface area contributed by atoms with Gasteiger partial charge < -0.3 is 10.1 Å². The minimum Gasteiger partial charge on any atom is -0.381 e. The van der Waals surface area contributed by atoms with E-state index in [0.29, 0.717) is 5.92 Å². The van der Waals surface area contributed by atoms with Crippen molar-refractivity contribution < 1.29 is 4.74 Å². The number of rotatable bonds is 4. The highest BCUT2D eigenvalue weighted by Crippen LogP contribution is 2.34. The molecule has 0 spiro atoms. The summed E-state index contributed by atoms with van der Waals surface area (Å²) >= 11 is 9.81. The van der Waals surface area contributed by atoms with Crippen LogP contribution in [0.2, 0.25) is 5.02 Å². The lowest BCUT2D eigenvalue weighted by Gasteiger charge is -2.25. The number of hydrogen-bond acceptors (Lipinski definition) is 2. The Bertz CT molecular complexity index is 380. The van der Waals surface area contributed by atoms with Crippen molar-refractivity contribution in [2.24, 2.45) is 5.92 Å². The van der Waals surface area contributed by atoms with Crippen LogP contribution in [0.3, 0.4) is 0 Å². The normalized spacial score (nSPS) is 21.7. The van der Waals surface area contributed by atoms with Crippen molar-refractivity contribution in [1.82, 2.24) is 5.32 Å². The Hall–Kier alpha value is -0.0900. The summed E-state index contributed by atoms with van der Waals surface area (Å²) in [5.41, 5.74) is 1.17. The van der Waals surface area contributed by atoms with E-state index in [1.807, 2.05) is 12.1 Å². The number of nitrogens with one attached hydrogen (secondary N) is 1. The van der Waals surface area contributed by atoms with E-state index in [4.69, 9.17) is 16.3 Å².